The lowest BCUT2D eigenvalue weighted by atomic mass is 10.0. The summed E-state index contributed by atoms with van der Waals surface area (Å²) in [5.41, 5.74) is 8.93. The Morgan fingerprint density at radius 1 is 0.919 bits per heavy atom. The van der Waals surface area contributed by atoms with E-state index < -0.39 is 5.82 Å². The van der Waals surface area contributed by atoms with Gasteiger partial charge >= 0.3 is 0 Å². The number of hydrogen-bond acceptors (Lipinski definition) is 3. The molecule has 0 aliphatic carbocycles. The number of pyridine rings is 1. The summed E-state index contributed by atoms with van der Waals surface area (Å²) in [5, 5.41) is 4.23. The molecular weight excluding hydrogens is 467 g/mol. The first-order valence-corrected chi connectivity index (χ1v) is 11.8. The molecule has 0 aliphatic heterocycles. The number of benzene rings is 2. The zero-order valence-corrected chi connectivity index (χ0v) is 20.7. The zero-order chi connectivity index (χ0) is 26.1. The van der Waals surface area contributed by atoms with Crippen molar-refractivity contribution >= 4 is 23.4 Å². The molecule has 0 fully saturated rings. The molecule has 3 heterocycles. The molecule has 0 unspecified atom stereocenters. The molecule has 3 aromatic heterocycles. The lowest BCUT2D eigenvalue weighted by Gasteiger charge is -2.09. The Hall–Kier alpha value is -4.78. The van der Waals surface area contributed by atoms with Crippen molar-refractivity contribution < 1.29 is 14.0 Å². The number of rotatable bonds is 6. The van der Waals surface area contributed by atoms with Crippen LogP contribution < -0.4 is 5.43 Å². The Balaban J connectivity index is 1.44. The van der Waals surface area contributed by atoms with E-state index in [1.165, 1.54) is 24.3 Å². The van der Waals surface area contributed by atoms with Crippen LogP contribution in [0.2, 0.25) is 0 Å². The van der Waals surface area contributed by atoms with Crippen LogP contribution in [0.3, 0.4) is 0 Å². The number of para-hydroxylation sites is 1. The Morgan fingerprint density at radius 3 is 2.35 bits per heavy atom. The molecule has 37 heavy (non-hydrogen) atoms. The highest BCUT2D eigenvalue weighted by atomic mass is 19.1. The summed E-state index contributed by atoms with van der Waals surface area (Å²) in [6.45, 7) is 5.69. The van der Waals surface area contributed by atoms with E-state index in [-0.39, 0.29) is 11.7 Å². The number of hydrogen-bond donors (Lipinski definition) is 1. The van der Waals surface area contributed by atoms with Gasteiger partial charge in [-0.1, -0.05) is 24.3 Å². The molecule has 0 atom stereocenters. The van der Waals surface area contributed by atoms with E-state index in [2.05, 4.69) is 10.5 Å². The lowest BCUT2D eigenvalue weighted by Crippen LogP contribution is -2.18. The first kappa shape index (κ1) is 23.9. The summed E-state index contributed by atoms with van der Waals surface area (Å²) in [5.74, 6) is -0.951. The quantitative estimate of drug-likeness (QED) is 0.185. The number of fused-ring (bicyclic) bond motifs is 1. The van der Waals surface area contributed by atoms with Crippen LogP contribution in [0.4, 0.5) is 4.39 Å². The van der Waals surface area contributed by atoms with Gasteiger partial charge < -0.3 is 8.97 Å². The molecule has 0 radical (unpaired) electrons. The van der Waals surface area contributed by atoms with E-state index >= 15 is 0 Å². The molecule has 6 nitrogen and oxygen atoms in total. The largest absolute Gasteiger partial charge is 0.318 e. The number of hydrazone groups is 1. The van der Waals surface area contributed by atoms with Crippen molar-refractivity contribution in [3.8, 4) is 5.69 Å². The summed E-state index contributed by atoms with van der Waals surface area (Å²) in [6.07, 6.45) is 3.35. The Bertz CT molecular complexity index is 1660. The second-order valence-electron chi connectivity index (χ2n) is 8.83. The second-order valence-corrected chi connectivity index (χ2v) is 8.83. The minimum atomic E-state index is -0.401. The number of aryl methyl sites for hydroxylation is 1. The van der Waals surface area contributed by atoms with Crippen LogP contribution in [0.15, 0.2) is 90.2 Å². The predicted octanol–water partition coefficient (Wildman–Crippen LogP) is 5.79. The van der Waals surface area contributed by atoms with Crippen molar-refractivity contribution in [3.63, 3.8) is 0 Å². The highest BCUT2D eigenvalue weighted by Gasteiger charge is 2.21. The standard InChI is InChI=1S/C30H25FN4O2/c1-19-17-25(21(3)35(19)24-9-5-4-6-10-24)30(37)33-32-18-26-20(2)28(34-16-8-7-11-27(26)34)29(36)22-12-14-23(31)15-13-22/h4-18H,1-3H3,(H,33,37)/b32-18+. The van der Waals surface area contributed by atoms with Gasteiger partial charge in [0, 0.05) is 34.4 Å². The van der Waals surface area contributed by atoms with Gasteiger partial charge in [0.2, 0.25) is 5.78 Å². The molecular formula is C30H25FN4O2. The van der Waals surface area contributed by atoms with E-state index in [1.807, 2.05) is 79.9 Å². The molecule has 0 saturated carbocycles. The van der Waals surface area contributed by atoms with Crippen LogP contribution >= 0.6 is 0 Å². The fraction of sp³-hybridized carbons (Fsp3) is 0.100. The predicted molar refractivity (Wildman–Crippen MR) is 142 cm³/mol. The molecule has 0 saturated heterocycles. The molecule has 0 aliphatic rings. The fourth-order valence-electron chi connectivity index (χ4n) is 4.72. The van der Waals surface area contributed by atoms with E-state index in [0.29, 0.717) is 27.9 Å². The highest BCUT2D eigenvalue weighted by molar-refractivity contribution is 6.12. The van der Waals surface area contributed by atoms with E-state index in [9.17, 15) is 14.0 Å². The molecule has 184 valence electrons. The van der Waals surface area contributed by atoms with Crippen molar-refractivity contribution in [2.24, 2.45) is 5.10 Å². The fourth-order valence-corrected chi connectivity index (χ4v) is 4.72. The zero-order valence-electron chi connectivity index (χ0n) is 20.7. The molecule has 7 heteroatoms. The average Bonchev–Trinajstić information content (AvgIpc) is 3.36. The summed E-state index contributed by atoms with van der Waals surface area (Å²) < 4.78 is 17.2. The molecule has 0 spiro atoms. The van der Waals surface area contributed by atoms with Gasteiger partial charge in [-0.05, 0) is 80.9 Å². The van der Waals surface area contributed by atoms with Gasteiger partial charge in [-0.2, -0.15) is 5.10 Å². The van der Waals surface area contributed by atoms with Crippen molar-refractivity contribution in [2.75, 3.05) is 0 Å². The SMILES string of the molecule is Cc1c(/C=N/NC(=O)c2cc(C)n(-c3ccccc3)c2C)c2ccccn2c1C(=O)c1ccc(F)cc1. The third-order valence-corrected chi connectivity index (χ3v) is 6.51. The van der Waals surface area contributed by atoms with Gasteiger partial charge in [-0.15, -0.1) is 0 Å². The number of carbonyl (C=O) groups is 2. The summed E-state index contributed by atoms with van der Waals surface area (Å²) in [7, 11) is 0. The molecule has 1 N–H and O–H groups in total. The van der Waals surface area contributed by atoms with Gasteiger partial charge in [0.05, 0.1) is 23.0 Å². The van der Waals surface area contributed by atoms with Gasteiger partial charge in [0.15, 0.2) is 0 Å². The van der Waals surface area contributed by atoms with Crippen LogP contribution in [0.25, 0.3) is 11.2 Å². The molecule has 0 bridgehead atoms. The first-order chi connectivity index (χ1) is 17.9. The number of halogens is 1. The molecule has 5 rings (SSSR count). The summed E-state index contributed by atoms with van der Waals surface area (Å²) in [6, 6.07) is 22.7. The molecule has 1 amide bonds. The van der Waals surface area contributed by atoms with Gasteiger partial charge in [0.1, 0.15) is 5.82 Å². The smallest absolute Gasteiger partial charge is 0.273 e. The van der Waals surface area contributed by atoms with Gasteiger partial charge in [-0.3, -0.25) is 9.59 Å². The maximum absolute atomic E-state index is 13.4. The Labute approximate surface area is 213 Å². The molecule has 5 aromatic rings. The van der Waals surface area contributed by atoms with E-state index in [0.717, 1.165) is 22.6 Å². The number of carbonyl (C=O) groups excluding carboxylic acids is 2. The minimum Gasteiger partial charge on any atom is -0.318 e. The van der Waals surface area contributed by atoms with E-state index in [4.69, 9.17) is 0 Å². The summed E-state index contributed by atoms with van der Waals surface area (Å²) >= 11 is 0. The third kappa shape index (κ3) is 4.36. The minimum absolute atomic E-state index is 0.226. The number of aromatic nitrogens is 2. The Kier molecular flexibility index (Phi) is 6.27. The van der Waals surface area contributed by atoms with Crippen molar-refractivity contribution in [3.05, 3.63) is 130 Å². The maximum Gasteiger partial charge on any atom is 0.273 e. The van der Waals surface area contributed by atoms with Crippen LogP contribution in [0, 0.1) is 26.6 Å². The van der Waals surface area contributed by atoms with Crippen molar-refractivity contribution in [2.45, 2.75) is 20.8 Å². The second kappa shape index (κ2) is 9.70. The lowest BCUT2D eigenvalue weighted by molar-refractivity contribution is 0.0953. The third-order valence-electron chi connectivity index (χ3n) is 6.51. The maximum atomic E-state index is 13.4. The van der Waals surface area contributed by atoms with Crippen molar-refractivity contribution in [1.82, 2.24) is 14.4 Å². The number of nitrogens with one attached hydrogen (secondary N) is 1. The topological polar surface area (TPSA) is 67.9 Å². The van der Waals surface area contributed by atoms with Crippen molar-refractivity contribution in [1.29, 1.82) is 0 Å². The normalized spacial score (nSPS) is 11.4. The van der Waals surface area contributed by atoms with Crippen LogP contribution in [-0.2, 0) is 0 Å². The average molecular weight is 493 g/mol. The van der Waals surface area contributed by atoms with Gasteiger partial charge in [-0.25, -0.2) is 9.82 Å². The molecule has 2 aromatic carbocycles. The number of amides is 1. The first-order valence-electron chi connectivity index (χ1n) is 11.8. The highest BCUT2D eigenvalue weighted by Crippen LogP contribution is 2.25. The van der Waals surface area contributed by atoms with Gasteiger partial charge in [0.25, 0.3) is 5.91 Å². The Morgan fingerprint density at radius 2 is 1.62 bits per heavy atom. The summed E-state index contributed by atoms with van der Waals surface area (Å²) in [4.78, 5) is 26.3. The monoisotopic (exact) mass is 492 g/mol. The number of nitrogens with zero attached hydrogens (tertiary/aromatic N) is 3. The number of ketones is 1. The van der Waals surface area contributed by atoms with Crippen LogP contribution in [0.1, 0.15) is 48.9 Å². The van der Waals surface area contributed by atoms with E-state index in [1.54, 1.807) is 16.8 Å². The van der Waals surface area contributed by atoms with Crippen LogP contribution in [-0.4, -0.2) is 26.9 Å². The van der Waals surface area contributed by atoms with Crippen LogP contribution in [0.5, 0.6) is 0 Å².